The number of hydrogen-bond acceptors (Lipinski definition) is 6. The molecule has 6 heteroatoms. The first-order valence-electron chi connectivity index (χ1n) is 21.8. The highest BCUT2D eigenvalue weighted by molar-refractivity contribution is 5.71. The molecule has 0 saturated carbocycles. The van der Waals surface area contributed by atoms with E-state index in [1.165, 1.54) is 109 Å². The van der Waals surface area contributed by atoms with Gasteiger partial charge in [0, 0.05) is 19.3 Å². The summed E-state index contributed by atoms with van der Waals surface area (Å²) in [7, 11) is 0. The van der Waals surface area contributed by atoms with Gasteiger partial charge in [-0.1, -0.05) is 180 Å². The average Bonchev–Trinajstić information content (AvgIpc) is 3.12. The third-order valence-corrected chi connectivity index (χ3v) is 9.46. The van der Waals surface area contributed by atoms with E-state index in [1.54, 1.807) is 0 Å². The first-order chi connectivity index (χ1) is 25.0. The molecule has 0 amide bonds. The fourth-order valence-electron chi connectivity index (χ4n) is 6.12. The van der Waals surface area contributed by atoms with Gasteiger partial charge in [0.15, 0.2) is 6.10 Å². The van der Waals surface area contributed by atoms with E-state index in [-0.39, 0.29) is 31.1 Å². The number of unbranched alkanes of at least 4 members (excludes halogenated alkanes) is 24. The fourth-order valence-corrected chi connectivity index (χ4v) is 6.12. The molecule has 0 spiro atoms. The molecule has 51 heavy (non-hydrogen) atoms. The Kier molecular flexibility index (Phi) is 39.0. The maximum atomic E-state index is 12.6. The van der Waals surface area contributed by atoms with Crippen LogP contribution in [-0.4, -0.2) is 37.2 Å². The lowest BCUT2D eigenvalue weighted by atomic mass is 10.1. The lowest BCUT2D eigenvalue weighted by Gasteiger charge is -2.18. The number of ether oxygens (including phenoxy) is 3. The van der Waals surface area contributed by atoms with Gasteiger partial charge < -0.3 is 14.2 Å². The maximum absolute atomic E-state index is 12.6. The van der Waals surface area contributed by atoms with Crippen molar-refractivity contribution in [3.63, 3.8) is 0 Å². The minimum absolute atomic E-state index is 0.0732. The van der Waals surface area contributed by atoms with E-state index in [9.17, 15) is 14.4 Å². The lowest BCUT2D eigenvalue weighted by molar-refractivity contribution is -0.167. The van der Waals surface area contributed by atoms with Crippen molar-refractivity contribution >= 4 is 17.9 Å². The Morgan fingerprint density at radius 3 is 1.10 bits per heavy atom. The van der Waals surface area contributed by atoms with E-state index < -0.39 is 6.10 Å². The Bertz CT molecular complexity index is 835. The average molecular weight is 719 g/mol. The van der Waals surface area contributed by atoms with Crippen LogP contribution in [0.4, 0.5) is 0 Å². The molecule has 6 nitrogen and oxygen atoms in total. The minimum atomic E-state index is -0.767. The Labute approximate surface area is 315 Å². The quantitative estimate of drug-likeness (QED) is 0.0272. The molecule has 1 unspecified atom stereocenters. The number of carbonyl (C=O) groups excluding carboxylic acids is 3. The van der Waals surface area contributed by atoms with Crippen LogP contribution in [0.25, 0.3) is 0 Å². The molecule has 0 fully saturated rings. The molecular weight excluding hydrogens is 636 g/mol. The number of rotatable bonds is 39. The predicted molar refractivity (Wildman–Crippen MR) is 215 cm³/mol. The molecule has 0 rings (SSSR count). The normalized spacial score (nSPS) is 12.1. The van der Waals surface area contributed by atoms with Crippen LogP contribution in [0, 0.1) is 0 Å². The van der Waals surface area contributed by atoms with E-state index in [0.29, 0.717) is 19.3 Å². The molecule has 1 atom stereocenters. The second-order valence-corrected chi connectivity index (χ2v) is 14.6. The van der Waals surface area contributed by atoms with E-state index in [0.717, 1.165) is 77.0 Å². The van der Waals surface area contributed by atoms with E-state index in [4.69, 9.17) is 14.2 Å². The highest BCUT2D eigenvalue weighted by Gasteiger charge is 2.19. The van der Waals surface area contributed by atoms with Gasteiger partial charge in [-0.2, -0.15) is 0 Å². The van der Waals surface area contributed by atoms with Crippen molar-refractivity contribution in [2.45, 2.75) is 232 Å². The molecule has 0 aliphatic carbocycles. The summed E-state index contributed by atoms with van der Waals surface area (Å²) < 4.78 is 16.6. The zero-order valence-corrected chi connectivity index (χ0v) is 33.9. The van der Waals surface area contributed by atoms with Crippen molar-refractivity contribution in [3.05, 3.63) is 24.3 Å². The second-order valence-electron chi connectivity index (χ2n) is 14.6. The van der Waals surface area contributed by atoms with Crippen LogP contribution in [0.1, 0.15) is 226 Å². The van der Waals surface area contributed by atoms with Crippen molar-refractivity contribution < 1.29 is 28.6 Å². The van der Waals surface area contributed by atoms with Crippen LogP contribution >= 0.6 is 0 Å². The molecule has 0 bridgehead atoms. The molecule has 0 aromatic rings. The van der Waals surface area contributed by atoms with Gasteiger partial charge in [-0.3, -0.25) is 14.4 Å². The first-order valence-corrected chi connectivity index (χ1v) is 21.8. The van der Waals surface area contributed by atoms with Gasteiger partial charge in [0.2, 0.25) is 0 Å². The van der Waals surface area contributed by atoms with E-state index >= 15 is 0 Å². The van der Waals surface area contributed by atoms with Crippen LogP contribution < -0.4 is 0 Å². The van der Waals surface area contributed by atoms with Crippen LogP contribution in [0.3, 0.4) is 0 Å². The fraction of sp³-hybridized carbons (Fsp3) is 0.844. The molecule has 0 aromatic carbocycles. The van der Waals surface area contributed by atoms with Gasteiger partial charge in [0.25, 0.3) is 0 Å². The van der Waals surface area contributed by atoms with Crippen LogP contribution in [-0.2, 0) is 28.6 Å². The summed E-state index contributed by atoms with van der Waals surface area (Å²) in [6, 6.07) is 0. The molecule has 0 aromatic heterocycles. The Balaban J connectivity index is 4.30. The van der Waals surface area contributed by atoms with Crippen molar-refractivity contribution in [2.24, 2.45) is 0 Å². The molecule has 298 valence electrons. The molecule has 0 heterocycles. The topological polar surface area (TPSA) is 78.9 Å². The van der Waals surface area contributed by atoms with E-state index in [1.807, 2.05) is 0 Å². The van der Waals surface area contributed by atoms with E-state index in [2.05, 4.69) is 45.1 Å². The third-order valence-electron chi connectivity index (χ3n) is 9.46. The van der Waals surface area contributed by atoms with Crippen molar-refractivity contribution in [3.8, 4) is 0 Å². The van der Waals surface area contributed by atoms with Gasteiger partial charge in [0.1, 0.15) is 13.2 Å². The summed E-state index contributed by atoms with van der Waals surface area (Å²) in [6.45, 7) is 6.55. The van der Waals surface area contributed by atoms with Crippen LogP contribution in [0.15, 0.2) is 24.3 Å². The summed E-state index contributed by atoms with van der Waals surface area (Å²) in [5.74, 6) is -0.893. The van der Waals surface area contributed by atoms with Gasteiger partial charge >= 0.3 is 17.9 Å². The zero-order chi connectivity index (χ0) is 37.3. The smallest absolute Gasteiger partial charge is 0.306 e. The van der Waals surface area contributed by atoms with Gasteiger partial charge in [-0.05, 0) is 51.4 Å². The zero-order valence-electron chi connectivity index (χ0n) is 33.9. The third kappa shape index (κ3) is 38.9. The Hall–Kier alpha value is -2.11. The number of hydrogen-bond donors (Lipinski definition) is 0. The number of carbonyl (C=O) groups is 3. The molecular formula is C45H82O6. The maximum Gasteiger partial charge on any atom is 0.306 e. The SMILES string of the molecule is CCCCCC/C=C\C/C=C\CCCCCCCC(=O)OCC(COC(=O)CCCCCCCCC)OC(=O)CCCCCCCCCCCC. The van der Waals surface area contributed by atoms with Gasteiger partial charge in [-0.15, -0.1) is 0 Å². The lowest BCUT2D eigenvalue weighted by Crippen LogP contribution is -2.30. The molecule has 0 aliphatic heterocycles. The highest BCUT2D eigenvalue weighted by atomic mass is 16.6. The van der Waals surface area contributed by atoms with Gasteiger partial charge in [-0.25, -0.2) is 0 Å². The first kappa shape index (κ1) is 48.9. The number of allylic oxidation sites excluding steroid dienone is 4. The predicted octanol–water partition coefficient (Wildman–Crippen LogP) is 13.6. The molecule has 0 N–H and O–H groups in total. The Morgan fingerprint density at radius 1 is 0.392 bits per heavy atom. The standard InChI is InChI=1S/C45H82O6/c1-4-7-10-13-16-18-20-21-22-23-24-25-27-29-32-35-38-44(47)50-41-42(40-49-43(46)37-34-31-28-15-12-9-6-3)51-45(48)39-36-33-30-26-19-17-14-11-8-5-2/h18,20,22-23,42H,4-17,19,21,24-41H2,1-3H3/b20-18-,23-22-. The largest absolute Gasteiger partial charge is 0.462 e. The Morgan fingerprint density at radius 2 is 0.706 bits per heavy atom. The second kappa shape index (κ2) is 40.7. The highest BCUT2D eigenvalue weighted by Crippen LogP contribution is 2.14. The summed E-state index contributed by atoms with van der Waals surface area (Å²) in [5, 5.41) is 0. The monoisotopic (exact) mass is 719 g/mol. The molecule has 0 aliphatic rings. The van der Waals surface area contributed by atoms with Crippen molar-refractivity contribution in [1.29, 1.82) is 0 Å². The van der Waals surface area contributed by atoms with Gasteiger partial charge in [0.05, 0.1) is 0 Å². The summed E-state index contributed by atoms with van der Waals surface area (Å²) >= 11 is 0. The minimum Gasteiger partial charge on any atom is -0.462 e. The van der Waals surface area contributed by atoms with Crippen molar-refractivity contribution in [1.82, 2.24) is 0 Å². The number of esters is 3. The van der Waals surface area contributed by atoms with Crippen LogP contribution in [0.5, 0.6) is 0 Å². The van der Waals surface area contributed by atoms with Crippen molar-refractivity contribution in [2.75, 3.05) is 13.2 Å². The summed E-state index contributed by atoms with van der Waals surface area (Å²) in [4.78, 5) is 37.5. The van der Waals surface area contributed by atoms with Crippen LogP contribution in [0.2, 0.25) is 0 Å². The summed E-state index contributed by atoms with van der Waals surface area (Å²) in [6.07, 6.45) is 43.1. The molecule has 0 saturated heterocycles. The molecule has 0 radical (unpaired) electrons. The summed E-state index contributed by atoms with van der Waals surface area (Å²) in [5.41, 5.74) is 0.